The Morgan fingerprint density at radius 2 is 2.00 bits per heavy atom. The minimum Gasteiger partial charge on any atom is -0.307 e. The Balaban J connectivity index is 2.16. The lowest BCUT2D eigenvalue weighted by molar-refractivity contribution is 0.426. The van der Waals surface area contributed by atoms with Crippen LogP contribution >= 0.6 is 11.3 Å². The Morgan fingerprint density at radius 1 is 1.26 bits per heavy atom. The van der Waals surface area contributed by atoms with Crippen LogP contribution in [0.15, 0.2) is 24.4 Å². The molecule has 0 fully saturated rings. The summed E-state index contributed by atoms with van der Waals surface area (Å²) in [5.41, 5.74) is 0.360. The summed E-state index contributed by atoms with van der Waals surface area (Å²) in [5.74, 6) is -1.16. The topological polar surface area (TPSA) is 24.9 Å². The van der Waals surface area contributed by atoms with Crippen molar-refractivity contribution in [2.45, 2.75) is 32.9 Å². The molecule has 1 aromatic carbocycles. The van der Waals surface area contributed by atoms with E-state index in [1.807, 2.05) is 0 Å². The molecule has 0 unspecified atom stereocenters. The molecule has 0 radical (unpaired) electrons. The highest BCUT2D eigenvalue weighted by atomic mass is 32.1. The van der Waals surface area contributed by atoms with Crippen molar-refractivity contribution in [1.29, 1.82) is 0 Å². The van der Waals surface area contributed by atoms with E-state index in [4.69, 9.17) is 0 Å². The number of nitrogens with one attached hydrogen (secondary N) is 1. The summed E-state index contributed by atoms with van der Waals surface area (Å²) in [7, 11) is 0. The van der Waals surface area contributed by atoms with Gasteiger partial charge in [-0.1, -0.05) is 0 Å². The van der Waals surface area contributed by atoms with Gasteiger partial charge in [0, 0.05) is 34.8 Å². The Kier molecular flexibility index (Phi) is 3.96. The minimum atomic E-state index is -0.579. The van der Waals surface area contributed by atoms with Gasteiger partial charge in [0.2, 0.25) is 0 Å². The van der Waals surface area contributed by atoms with Crippen LogP contribution in [0.4, 0.5) is 8.78 Å². The second-order valence-corrected chi connectivity index (χ2v) is 6.47. The van der Waals surface area contributed by atoms with Gasteiger partial charge < -0.3 is 5.32 Å². The van der Waals surface area contributed by atoms with Gasteiger partial charge in [0.1, 0.15) is 16.6 Å². The molecule has 0 aliphatic rings. The second-order valence-electron chi connectivity index (χ2n) is 5.36. The molecule has 0 saturated carbocycles. The first-order valence-corrected chi connectivity index (χ1v) is 6.82. The molecule has 102 valence electrons. The van der Waals surface area contributed by atoms with Crippen molar-refractivity contribution in [3.63, 3.8) is 0 Å². The largest absolute Gasteiger partial charge is 0.307 e. The van der Waals surface area contributed by atoms with Gasteiger partial charge in [-0.15, -0.1) is 11.3 Å². The van der Waals surface area contributed by atoms with E-state index < -0.39 is 11.6 Å². The van der Waals surface area contributed by atoms with E-state index in [1.54, 1.807) is 6.20 Å². The molecule has 2 rings (SSSR count). The number of rotatable bonds is 3. The molecule has 1 heterocycles. The highest BCUT2D eigenvalue weighted by molar-refractivity contribution is 7.15. The SMILES string of the molecule is CC(C)(C)NCc1cnc(-c2ccc(F)cc2F)s1. The molecule has 2 aromatic rings. The zero-order chi connectivity index (χ0) is 14.0. The molecule has 0 amide bonds. The first-order valence-electron chi connectivity index (χ1n) is 6.00. The molecule has 0 aliphatic carbocycles. The predicted molar refractivity (Wildman–Crippen MR) is 74.1 cm³/mol. The molecule has 0 bridgehead atoms. The normalized spacial score (nSPS) is 11.8. The van der Waals surface area contributed by atoms with Crippen molar-refractivity contribution in [3.05, 3.63) is 40.9 Å². The molecule has 0 saturated heterocycles. The summed E-state index contributed by atoms with van der Waals surface area (Å²) in [4.78, 5) is 5.22. The zero-order valence-corrected chi connectivity index (χ0v) is 11.9. The molecule has 5 heteroatoms. The Morgan fingerprint density at radius 3 is 2.63 bits per heavy atom. The van der Waals surface area contributed by atoms with Crippen molar-refractivity contribution >= 4 is 11.3 Å². The molecule has 0 aliphatic heterocycles. The smallest absolute Gasteiger partial charge is 0.136 e. The number of halogens is 2. The van der Waals surface area contributed by atoms with Crippen molar-refractivity contribution in [2.75, 3.05) is 0 Å². The van der Waals surface area contributed by atoms with Gasteiger partial charge in [0.05, 0.1) is 0 Å². The predicted octanol–water partition coefficient (Wildman–Crippen LogP) is 3.98. The van der Waals surface area contributed by atoms with Crippen LogP contribution in [-0.4, -0.2) is 10.5 Å². The first kappa shape index (κ1) is 14.1. The van der Waals surface area contributed by atoms with E-state index in [1.165, 1.54) is 23.5 Å². The molecule has 19 heavy (non-hydrogen) atoms. The van der Waals surface area contributed by atoms with E-state index in [0.29, 0.717) is 17.1 Å². The molecule has 1 aromatic heterocycles. The Hall–Kier alpha value is -1.33. The third kappa shape index (κ3) is 3.81. The van der Waals surface area contributed by atoms with Gasteiger partial charge in [-0.25, -0.2) is 13.8 Å². The standard InChI is InChI=1S/C14H16F2N2S/c1-14(2,3)18-8-10-7-17-13(19-10)11-5-4-9(15)6-12(11)16/h4-7,18H,8H2,1-3H3. The highest BCUT2D eigenvalue weighted by Crippen LogP contribution is 2.28. The van der Waals surface area contributed by atoms with Crippen LogP contribution in [0.1, 0.15) is 25.6 Å². The van der Waals surface area contributed by atoms with Gasteiger partial charge >= 0.3 is 0 Å². The monoisotopic (exact) mass is 282 g/mol. The van der Waals surface area contributed by atoms with E-state index in [0.717, 1.165) is 10.9 Å². The fourth-order valence-corrected chi connectivity index (χ4v) is 2.41. The zero-order valence-electron chi connectivity index (χ0n) is 11.1. The van der Waals surface area contributed by atoms with Crippen molar-refractivity contribution in [2.24, 2.45) is 0 Å². The van der Waals surface area contributed by atoms with Crippen molar-refractivity contribution in [3.8, 4) is 10.6 Å². The van der Waals surface area contributed by atoms with Crippen LogP contribution in [-0.2, 0) is 6.54 Å². The van der Waals surface area contributed by atoms with Gasteiger partial charge in [-0.05, 0) is 32.9 Å². The summed E-state index contributed by atoms with van der Waals surface area (Å²) in [6, 6.07) is 3.54. The third-order valence-corrected chi connectivity index (χ3v) is 3.54. The van der Waals surface area contributed by atoms with Gasteiger partial charge in [0.15, 0.2) is 0 Å². The molecule has 2 nitrogen and oxygen atoms in total. The Bertz CT molecular complexity index is 573. The van der Waals surface area contributed by atoms with Crippen molar-refractivity contribution in [1.82, 2.24) is 10.3 Å². The number of nitrogens with zero attached hydrogens (tertiary/aromatic N) is 1. The summed E-state index contributed by atoms with van der Waals surface area (Å²) < 4.78 is 26.5. The van der Waals surface area contributed by atoms with E-state index in [9.17, 15) is 8.78 Å². The third-order valence-electron chi connectivity index (χ3n) is 2.51. The van der Waals surface area contributed by atoms with Gasteiger partial charge in [-0.2, -0.15) is 0 Å². The lowest BCUT2D eigenvalue weighted by atomic mass is 10.1. The van der Waals surface area contributed by atoms with E-state index in [2.05, 4.69) is 31.1 Å². The maximum absolute atomic E-state index is 13.6. The number of hydrogen-bond acceptors (Lipinski definition) is 3. The summed E-state index contributed by atoms with van der Waals surface area (Å²) in [6.45, 7) is 6.92. The van der Waals surface area contributed by atoms with E-state index in [-0.39, 0.29) is 5.54 Å². The number of hydrogen-bond donors (Lipinski definition) is 1. The molecular weight excluding hydrogens is 266 g/mol. The van der Waals surface area contributed by atoms with Gasteiger partial charge in [-0.3, -0.25) is 0 Å². The van der Waals surface area contributed by atoms with Crippen LogP contribution in [0, 0.1) is 11.6 Å². The fraction of sp³-hybridized carbons (Fsp3) is 0.357. The molecule has 0 spiro atoms. The van der Waals surface area contributed by atoms with Crippen LogP contribution in [0.5, 0.6) is 0 Å². The van der Waals surface area contributed by atoms with Crippen LogP contribution < -0.4 is 5.32 Å². The number of benzene rings is 1. The number of aromatic nitrogens is 1. The maximum Gasteiger partial charge on any atom is 0.136 e. The van der Waals surface area contributed by atoms with E-state index >= 15 is 0 Å². The lowest BCUT2D eigenvalue weighted by Crippen LogP contribution is -2.34. The molecule has 0 atom stereocenters. The quantitative estimate of drug-likeness (QED) is 0.921. The average molecular weight is 282 g/mol. The minimum absolute atomic E-state index is 0.0191. The summed E-state index contributed by atoms with van der Waals surface area (Å²) in [5, 5.41) is 3.92. The Labute approximate surface area is 115 Å². The fourth-order valence-electron chi connectivity index (χ4n) is 1.53. The molecule has 1 N–H and O–H groups in total. The molecular formula is C14H16F2N2S. The van der Waals surface area contributed by atoms with Crippen molar-refractivity contribution < 1.29 is 8.78 Å². The van der Waals surface area contributed by atoms with Crippen LogP contribution in [0.25, 0.3) is 10.6 Å². The number of thiazole rings is 1. The second kappa shape index (κ2) is 5.35. The highest BCUT2D eigenvalue weighted by Gasteiger charge is 2.13. The van der Waals surface area contributed by atoms with Crippen LogP contribution in [0.2, 0.25) is 0 Å². The lowest BCUT2D eigenvalue weighted by Gasteiger charge is -2.19. The maximum atomic E-state index is 13.6. The summed E-state index contributed by atoms with van der Waals surface area (Å²) >= 11 is 1.41. The van der Waals surface area contributed by atoms with Crippen LogP contribution in [0.3, 0.4) is 0 Å². The summed E-state index contributed by atoms with van der Waals surface area (Å²) in [6.07, 6.45) is 1.72. The average Bonchev–Trinajstić information content (AvgIpc) is 2.74. The van der Waals surface area contributed by atoms with Gasteiger partial charge in [0.25, 0.3) is 0 Å². The first-order chi connectivity index (χ1) is 8.85.